The van der Waals surface area contributed by atoms with Gasteiger partial charge in [0.25, 0.3) is 11.8 Å². The molecular formula is C21H21F2N3O5. The predicted octanol–water partition coefficient (Wildman–Crippen LogP) is 1.30. The van der Waals surface area contributed by atoms with E-state index in [-0.39, 0.29) is 30.4 Å². The fourth-order valence-corrected chi connectivity index (χ4v) is 4.15. The highest BCUT2D eigenvalue weighted by molar-refractivity contribution is 5.99. The third-order valence-electron chi connectivity index (χ3n) is 5.97. The maximum absolute atomic E-state index is 13.8. The first-order valence-corrected chi connectivity index (χ1v) is 9.88. The summed E-state index contributed by atoms with van der Waals surface area (Å²) in [4.78, 5) is 39.6. The minimum absolute atomic E-state index is 0.0102. The van der Waals surface area contributed by atoms with Gasteiger partial charge in [-0.3, -0.25) is 14.4 Å². The number of carbonyl (C=O) groups excluding carboxylic acids is 2. The number of aromatic nitrogens is 1. The van der Waals surface area contributed by atoms with Crippen molar-refractivity contribution in [2.24, 2.45) is 0 Å². The highest BCUT2D eigenvalue weighted by atomic mass is 19.1. The number of halogens is 2. The molecule has 0 radical (unpaired) electrons. The number of rotatable bonds is 3. The number of amides is 2. The van der Waals surface area contributed by atoms with E-state index in [0.29, 0.717) is 18.9 Å². The predicted molar refractivity (Wildman–Crippen MR) is 105 cm³/mol. The molecule has 3 N–H and O–H groups in total. The fraction of sp³-hybridized carbons (Fsp3) is 0.381. The van der Waals surface area contributed by atoms with Gasteiger partial charge >= 0.3 is 0 Å². The molecule has 10 heteroatoms. The van der Waals surface area contributed by atoms with Crippen LogP contribution < -0.4 is 10.7 Å². The molecule has 8 nitrogen and oxygen atoms in total. The third kappa shape index (κ3) is 3.56. The molecule has 164 valence electrons. The molecule has 1 aromatic heterocycles. The lowest BCUT2D eigenvalue weighted by molar-refractivity contribution is 0.0503. The summed E-state index contributed by atoms with van der Waals surface area (Å²) in [6, 6.07) is 2.07. The van der Waals surface area contributed by atoms with Gasteiger partial charge in [0, 0.05) is 37.0 Å². The Labute approximate surface area is 175 Å². The first-order chi connectivity index (χ1) is 14.7. The van der Waals surface area contributed by atoms with Crippen molar-refractivity contribution >= 4 is 11.8 Å². The van der Waals surface area contributed by atoms with Crippen molar-refractivity contribution in [2.75, 3.05) is 6.54 Å². The molecule has 2 amide bonds. The van der Waals surface area contributed by atoms with Gasteiger partial charge in [0.1, 0.15) is 17.2 Å². The number of carbonyl (C=O) groups is 2. The lowest BCUT2D eigenvalue weighted by Gasteiger charge is -2.38. The van der Waals surface area contributed by atoms with Gasteiger partial charge in [0.05, 0.1) is 12.1 Å². The van der Waals surface area contributed by atoms with Gasteiger partial charge in [0.15, 0.2) is 11.4 Å². The Morgan fingerprint density at radius 2 is 2.00 bits per heavy atom. The minimum atomic E-state index is -1.04. The van der Waals surface area contributed by atoms with Crippen molar-refractivity contribution in [3.8, 4) is 5.75 Å². The third-order valence-corrected chi connectivity index (χ3v) is 5.97. The molecular weight excluding hydrogens is 412 g/mol. The Hall–Kier alpha value is -3.27. The topological polar surface area (TPSA) is 112 Å². The average molecular weight is 433 g/mol. The second kappa shape index (κ2) is 7.77. The van der Waals surface area contributed by atoms with Crippen LogP contribution in [-0.4, -0.2) is 50.2 Å². The molecule has 4 rings (SSSR count). The molecule has 0 saturated carbocycles. The molecule has 31 heavy (non-hydrogen) atoms. The van der Waals surface area contributed by atoms with Gasteiger partial charge in [-0.25, -0.2) is 8.78 Å². The Bertz CT molecular complexity index is 1130. The van der Waals surface area contributed by atoms with E-state index >= 15 is 0 Å². The van der Waals surface area contributed by atoms with Crippen molar-refractivity contribution in [2.45, 2.75) is 44.5 Å². The number of aliphatic hydroxyl groups is 1. The van der Waals surface area contributed by atoms with Crippen LogP contribution in [0.25, 0.3) is 0 Å². The summed E-state index contributed by atoms with van der Waals surface area (Å²) in [5, 5.41) is 23.4. The zero-order chi connectivity index (χ0) is 22.4. The lowest BCUT2D eigenvalue weighted by Crippen LogP contribution is -2.49. The van der Waals surface area contributed by atoms with Crippen molar-refractivity contribution in [3.63, 3.8) is 0 Å². The maximum atomic E-state index is 13.8. The largest absolute Gasteiger partial charge is 0.503 e. The SMILES string of the molecule is CC1CCC(O)C2CN1C(=O)c1c(O)c(=O)c(C(=O)NCc3ccc(F)cc3F)cn12. The number of nitrogens with one attached hydrogen (secondary N) is 1. The van der Waals surface area contributed by atoms with Crippen LogP contribution in [0.5, 0.6) is 5.75 Å². The van der Waals surface area contributed by atoms with E-state index in [1.807, 2.05) is 6.92 Å². The van der Waals surface area contributed by atoms with Crippen LogP contribution >= 0.6 is 0 Å². The molecule has 2 aliphatic rings. The van der Waals surface area contributed by atoms with Crippen molar-refractivity contribution < 1.29 is 28.6 Å². The molecule has 2 bridgehead atoms. The van der Waals surface area contributed by atoms with Gasteiger partial charge < -0.3 is 25.0 Å². The molecule has 0 aliphatic carbocycles. The number of hydrogen-bond donors (Lipinski definition) is 3. The standard InChI is InChI=1S/C21H21F2N3O5/c1-10-2-5-16(27)15-9-25(10)21(31)17-19(29)18(28)13(8-26(15)17)20(30)24-7-11-3-4-12(22)6-14(11)23/h3-4,6,8,10,15-16,27,29H,2,5,7,9H2,1H3,(H,24,30). The van der Waals surface area contributed by atoms with Crippen LogP contribution in [0.1, 0.15) is 52.2 Å². The van der Waals surface area contributed by atoms with Crippen molar-refractivity contribution in [1.29, 1.82) is 0 Å². The smallest absolute Gasteiger partial charge is 0.274 e. The summed E-state index contributed by atoms with van der Waals surface area (Å²) < 4.78 is 28.1. The zero-order valence-electron chi connectivity index (χ0n) is 16.6. The summed E-state index contributed by atoms with van der Waals surface area (Å²) in [5.41, 5.74) is -1.75. The second-order valence-corrected chi connectivity index (χ2v) is 7.91. The summed E-state index contributed by atoms with van der Waals surface area (Å²) >= 11 is 0. The Kier molecular flexibility index (Phi) is 5.26. The lowest BCUT2D eigenvalue weighted by atomic mass is 10.0. The molecule has 0 spiro atoms. The molecule has 1 aromatic carbocycles. The van der Waals surface area contributed by atoms with Gasteiger partial charge in [-0.15, -0.1) is 0 Å². The molecule has 1 fully saturated rings. The van der Waals surface area contributed by atoms with E-state index in [1.165, 1.54) is 15.5 Å². The van der Waals surface area contributed by atoms with Gasteiger partial charge in [0.2, 0.25) is 5.43 Å². The molecule has 3 atom stereocenters. The number of aliphatic hydroxyl groups excluding tert-OH is 1. The Balaban J connectivity index is 1.69. The summed E-state index contributed by atoms with van der Waals surface area (Å²) in [7, 11) is 0. The number of fused-ring (bicyclic) bond motifs is 4. The molecule has 3 unspecified atom stereocenters. The average Bonchev–Trinajstić information content (AvgIpc) is 2.85. The summed E-state index contributed by atoms with van der Waals surface area (Å²) in [6.07, 6.45) is 1.27. The monoisotopic (exact) mass is 433 g/mol. The number of hydrogen-bond acceptors (Lipinski definition) is 5. The van der Waals surface area contributed by atoms with Crippen LogP contribution in [0.3, 0.4) is 0 Å². The van der Waals surface area contributed by atoms with E-state index < -0.39 is 52.3 Å². The number of aromatic hydroxyl groups is 1. The van der Waals surface area contributed by atoms with E-state index in [9.17, 15) is 33.4 Å². The second-order valence-electron chi connectivity index (χ2n) is 7.91. The van der Waals surface area contributed by atoms with Crippen molar-refractivity contribution in [1.82, 2.24) is 14.8 Å². The number of nitrogens with zero attached hydrogens (tertiary/aromatic N) is 2. The van der Waals surface area contributed by atoms with Crippen molar-refractivity contribution in [3.05, 3.63) is 63.1 Å². The first-order valence-electron chi connectivity index (χ1n) is 9.88. The highest BCUT2D eigenvalue weighted by Crippen LogP contribution is 2.34. The molecule has 1 saturated heterocycles. The van der Waals surface area contributed by atoms with E-state index in [2.05, 4.69) is 5.32 Å². The maximum Gasteiger partial charge on any atom is 0.274 e. The van der Waals surface area contributed by atoms with Crippen LogP contribution in [-0.2, 0) is 6.54 Å². The summed E-state index contributed by atoms with van der Waals surface area (Å²) in [6.45, 7) is 1.69. The van der Waals surface area contributed by atoms with Crippen LogP contribution in [0.4, 0.5) is 8.78 Å². The Morgan fingerprint density at radius 3 is 2.71 bits per heavy atom. The van der Waals surface area contributed by atoms with E-state index in [1.54, 1.807) is 0 Å². The van der Waals surface area contributed by atoms with Gasteiger partial charge in [-0.05, 0) is 25.8 Å². The Morgan fingerprint density at radius 1 is 1.26 bits per heavy atom. The molecule has 2 aliphatic heterocycles. The normalized spacial score (nSPS) is 22.6. The fourth-order valence-electron chi connectivity index (χ4n) is 4.15. The minimum Gasteiger partial charge on any atom is -0.503 e. The summed E-state index contributed by atoms with van der Waals surface area (Å²) in [5.74, 6) is -3.94. The van der Waals surface area contributed by atoms with Crippen LogP contribution in [0.15, 0.2) is 29.2 Å². The van der Waals surface area contributed by atoms with E-state index in [0.717, 1.165) is 12.3 Å². The number of pyridine rings is 1. The van der Waals surface area contributed by atoms with Crippen LogP contribution in [0.2, 0.25) is 0 Å². The highest BCUT2D eigenvalue weighted by Gasteiger charge is 2.42. The van der Waals surface area contributed by atoms with Gasteiger partial charge in [-0.1, -0.05) is 6.07 Å². The first kappa shape index (κ1) is 21.0. The number of benzene rings is 1. The van der Waals surface area contributed by atoms with E-state index in [4.69, 9.17) is 0 Å². The molecule has 3 heterocycles. The van der Waals surface area contributed by atoms with Gasteiger partial charge in [-0.2, -0.15) is 0 Å². The quantitative estimate of drug-likeness (QED) is 0.676. The van der Waals surface area contributed by atoms with Crippen LogP contribution in [0, 0.1) is 11.6 Å². The zero-order valence-corrected chi connectivity index (χ0v) is 16.6. The molecule has 2 aromatic rings.